The standard InChI is InChI=1S/C16H18N2O2S/c1-21(19,20)14-7-4-12(5-8-14)11-18-15-9-6-13-3-2-10-17-16(13)15/h2-5,7-8,10,15,18H,6,9,11H2,1H3. The van der Waals surface area contributed by atoms with Crippen molar-refractivity contribution in [2.24, 2.45) is 0 Å². The number of rotatable bonds is 4. The molecule has 110 valence electrons. The van der Waals surface area contributed by atoms with Crippen molar-refractivity contribution in [3.05, 3.63) is 59.4 Å². The number of benzene rings is 1. The number of nitrogens with one attached hydrogen (secondary N) is 1. The Morgan fingerprint density at radius 1 is 1.24 bits per heavy atom. The van der Waals surface area contributed by atoms with Crippen LogP contribution in [0.25, 0.3) is 0 Å². The molecule has 1 aromatic carbocycles. The van der Waals surface area contributed by atoms with E-state index in [4.69, 9.17) is 0 Å². The van der Waals surface area contributed by atoms with Crippen LogP contribution in [0, 0.1) is 0 Å². The van der Waals surface area contributed by atoms with E-state index in [2.05, 4.69) is 16.4 Å². The van der Waals surface area contributed by atoms with Crippen LogP contribution in [0.5, 0.6) is 0 Å². The molecule has 0 aliphatic heterocycles. The smallest absolute Gasteiger partial charge is 0.175 e. The maximum Gasteiger partial charge on any atom is 0.175 e. The Hall–Kier alpha value is -1.72. The molecule has 0 saturated heterocycles. The third kappa shape index (κ3) is 3.14. The summed E-state index contributed by atoms with van der Waals surface area (Å²) in [6.07, 6.45) is 5.18. The highest BCUT2D eigenvalue weighted by molar-refractivity contribution is 7.90. The quantitative estimate of drug-likeness (QED) is 0.941. The molecule has 0 radical (unpaired) electrons. The summed E-state index contributed by atoms with van der Waals surface area (Å²) in [5.41, 5.74) is 3.54. The molecule has 0 fully saturated rings. The van der Waals surface area contributed by atoms with E-state index in [1.165, 1.54) is 11.8 Å². The molecule has 1 atom stereocenters. The third-order valence-corrected chi connectivity index (χ3v) is 4.99. The first kappa shape index (κ1) is 14.2. The fraction of sp³-hybridized carbons (Fsp3) is 0.312. The molecule has 0 amide bonds. The van der Waals surface area contributed by atoms with E-state index < -0.39 is 9.84 Å². The van der Waals surface area contributed by atoms with Crippen LogP contribution in [0.2, 0.25) is 0 Å². The monoisotopic (exact) mass is 302 g/mol. The average molecular weight is 302 g/mol. The Kier molecular flexibility index (Phi) is 3.78. The predicted molar refractivity (Wildman–Crippen MR) is 81.7 cm³/mol. The van der Waals surface area contributed by atoms with E-state index in [9.17, 15) is 8.42 Å². The van der Waals surface area contributed by atoms with Crippen LogP contribution in [0.3, 0.4) is 0 Å². The first-order valence-corrected chi connectivity index (χ1v) is 8.89. The van der Waals surface area contributed by atoms with Gasteiger partial charge in [-0.2, -0.15) is 0 Å². The van der Waals surface area contributed by atoms with Crippen LogP contribution < -0.4 is 5.32 Å². The van der Waals surface area contributed by atoms with Crippen molar-refractivity contribution in [3.63, 3.8) is 0 Å². The molecule has 0 saturated carbocycles. The summed E-state index contributed by atoms with van der Waals surface area (Å²) in [4.78, 5) is 4.82. The molecular formula is C16H18N2O2S. The van der Waals surface area contributed by atoms with Crippen molar-refractivity contribution in [2.75, 3.05) is 6.26 Å². The van der Waals surface area contributed by atoms with Crippen molar-refractivity contribution in [2.45, 2.75) is 30.3 Å². The molecule has 21 heavy (non-hydrogen) atoms. The lowest BCUT2D eigenvalue weighted by Gasteiger charge is -2.13. The fourth-order valence-corrected chi connectivity index (χ4v) is 3.34. The minimum Gasteiger partial charge on any atom is -0.304 e. The predicted octanol–water partition coefficient (Wildman–Crippen LogP) is 2.26. The first-order valence-electron chi connectivity index (χ1n) is 7.00. The second-order valence-electron chi connectivity index (χ2n) is 5.44. The number of aromatic nitrogens is 1. The van der Waals surface area contributed by atoms with Gasteiger partial charge >= 0.3 is 0 Å². The number of sulfone groups is 1. The Morgan fingerprint density at radius 3 is 2.71 bits per heavy atom. The summed E-state index contributed by atoms with van der Waals surface area (Å²) >= 11 is 0. The fourth-order valence-electron chi connectivity index (χ4n) is 2.71. The van der Waals surface area contributed by atoms with Crippen LogP contribution >= 0.6 is 0 Å². The Morgan fingerprint density at radius 2 is 2.00 bits per heavy atom. The third-order valence-electron chi connectivity index (χ3n) is 3.86. The number of hydrogen-bond donors (Lipinski definition) is 1. The Balaban J connectivity index is 1.67. The summed E-state index contributed by atoms with van der Waals surface area (Å²) in [6, 6.07) is 11.4. The van der Waals surface area contributed by atoms with Gasteiger partial charge in [0.2, 0.25) is 0 Å². The van der Waals surface area contributed by atoms with Gasteiger partial charge in [0.25, 0.3) is 0 Å². The molecule has 3 rings (SSSR count). The molecule has 4 nitrogen and oxygen atoms in total. The molecule has 1 N–H and O–H groups in total. The van der Waals surface area contributed by atoms with Crippen molar-refractivity contribution >= 4 is 9.84 Å². The van der Waals surface area contributed by atoms with Crippen LogP contribution in [-0.4, -0.2) is 19.7 Å². The highest BCUT2D eigenvalue weighted by Crippen LogP contribution is 2.29. The second-order valence-corrected chi connectivity index (χ2v) is 7.45. The summed E-state index contributed by atoms with van der Waals surface area (Å²) in [5, 5.41) is 3.50. The van der Waals surface area contributed by atoms with E-state index in [0.717, 1.165) is 24.1 Å². The minimum absolute atomic E-state index is 0.288. The van der Waals surface area contributed by atoms with Crippen molar-refractivity contribution in [3.8, 4) is 0 Å². The van der Waals surface area contributed by atoms with Crippen molar-refractivity contribution in [1.82, 2.24) is 10.3 Å². The summed E-state index contributed by atoms with van der Waals surface area (Å²) in [6.45, 7) is 0.713. The highest BCUT2D eigenvalue weighted by Gasteiger charge is 2.22. The molecule has 1 unspecified atom stereocenters. The number of nitrogens with zero attached hydrogens (tertiary/aromatic N) is 1. The maximum atomic E-state index is 11.4. The number of hydrogen-bond acceptors (Lipinski definition) is 4. The molecule has 2 aromatic rings. The zero-order chi connectivity index (χ0) is 14.9. The maximum absolute atomic E-state index is 11.4. The summed E-state index contributed by atoms with van der Waals surface area (Å²) in [5.74, 6) is 0. The van der Waals surface area contributed by atoms with Gasteiger partial charge in [-0.05, 0) is 42.2 Å². The van der Waals surface area contributed by atoms with Gasteiger partial charge in [0.1, 0.15) is 0 Å². The van der Waals surface area contributed by atoms with E-state index in [1.54, 1.807) is 12.1 Å². The Bertz CT molecular complexity index is 739. The summed E-state index contributed by atoms with van der Waals surface area (Å²) in [7, 11) is -3.12. The van der Waals surface area contributed by atoms with Gasteiger partial charge in [-0.15, -0.1) is 0 Å². The van der Waals surface area contributed by atoms with Gasteiger partial charge in [-0.1, -0.05) is 18.2 Å². The molecule has 0 bridgehead atoms. The minimum atomic E-state index is -3.12. The van der Waals surface area contributed by atoms with Crippen LogP contribution in [0.1, 0.15) is 29.3 Å². The number of pyridine rings is 1. The molecule has 1 heterocycles. The molecule has 5 heteroatoms. The van der Waals surface area contributed by atoms with Gasteiger partial charge in [0, 0.05) is 19.0 Å². The van der Waals surface area contributed by atoms with Gasteiger partial charge in [0.05, 0.1) is 16.6 Å². The topological polar surface area (TPSA) is 59.1 Å². The number of aryl methyl sites for hydroxylation is 1. The van der Waals surface area contributed by atoms with Gasteiger partial charge in [-0.25, -0.2) is 8.42 Å². The zero-order valence-electron chi connectivity index (χ0n) is 11.9. The Labute approximate surface area is 125 Å². The van der Waals surface area contributed by atoms with E-state index >= 15 is 0 Å². The average Bonchev–Trinajstić information content (AvgIpc) is 2.88. The van der Waals surface area contributed by atoms with E-state index in [-0.39, 0.29) is 6.04 Å². The normalized spacial score (nSPS) is 17.7. The molecule has 1 aliphatic rings. The van der Waals surface area contributed by atoms with Gasteiger partial charge in [0.15, 0.2) is 9.84 Å². The second kappa shape index (κ2) is 5.58. The highest BCUT2D eigenvalue weighted by atomic mass is 32.2. The van der Waals surface area contributed by atoms with Crippen LogP contribution in [0.4, 0.5) is 0 Å². The zero-order valence-corrected chi connectivity index (χ0v) is 12.7. The lowest BCUT2D eigenvalue weighted by atomic mass is 10.2. The van der Waals surface area contributed by atoms with Crippen molar-refractivity contribution in [1.29, 1.82) is 0 Å². The van der Waals surface area contributed by atoms with E-state index in [1.807, 2.05) is 24.4 Å². The number of fused-ring (bicyclic) bond motifs is 1. The SMILES string of the molecule is CS(=O)(=O)c1ccc(CNC2CCc3cccnc32)cc1. The molecule has 1 aromatic heterocycles. The van der Waals surface area contributed by atoms with E-state index in [0.29, 0.717) is 11.4 Å². The van der Waals surface area contributed by atoms with Crippen LogP contribution in [0.15, 0.2) is 47.5 Å². The lowest BCUT2D eigenvalue weighted by molar-refractivity contribution is 0.521. The van der Waals surface area contributed by atoms with Crippen molar-refractivity contribution < 1.29 is 8.42 Å². The molecule has 1 aliphatic carbocycles. The summed E-state index contributed by atoms with van der Waals surface area (Å²) < 4.78 is 22.8. The van der Waals surface area contributed by atoms with Gasteiger partial charge < -0.3 is 5.32 Å². The molecule has 0 spiro atoms. The molecular weight excluding hydrogens is 284 g/mol. The van der Waals surface area contributed by atoms with Crippen LogP contribution in [-0.2, 0) is 22.8 Å². The first-order chi connectivity index (χ1) is 10.0. The van der Waals surface area contributed by atoms with Gasteiger partial charge in [-0.3, -0.25) is 4.98 Å². The lowest BCUT2D eigenvalue weighted by Crippen LogP contribution is -2.19. The largest absolute Gasteiger partial charge is 0.304 e.